The van der Waals surface area contributed by atoms with Gasteiger partial charge in [0.05, 0.1) is 34.4 Å². The third kappa shape index (κ3) is 44.1. The van der Waals surface area contributed by atoms with Crippen molar-refractivity contribution in [3.05, 3.63) is 109 Å². The average Bonchev–Trinajstić information content (AvgIpc) is 3.16. The second kappa shape index (κ2) is 40.0. The molecule has 2 unspecified atom stereocenters. The van der Waals surface area contributed by atoms with Gasteiger partial charge in [0.2, 0.25) is 0 Å². The summed E-state index contributed by atoms with van der Waals surface area (Å²) < 4.78 is 34.5. The van der Waals surface area contributed by atoms with Crippen LogP contribution in [0.25, 0.3) is 0 Å². The maximum atomic E-state index is 12.7. The van der Waals surface area contributed by atoms with Crippen molar-refractivity contribution in [1.82, 2.24) is 0 Å². The number of carbonyl (C=O) groups excluding carboxylic acids is 1. The highest BCUT2D eigenvalue weighted by Gasteiger charge is 2.20. The number of rotatable bonds is 38. The quantitative estimate of drug-likeness (QED) is 0.0201. The third-order valence-electron chi connectivity index (χ3n) is 8.32. The van der Waals surface area contributed by atoms with Gasteiger partial charge in [-0.25, -0.2) is 0 Å². The number of quaternary nitrogens is 1. The first kappa shape index (κ1) is 54.2. The molecule has 9 heteroatoms. The Hall–Kier alpha value is -2.84. The summed E-state index contributed by atoms with van der Waals surface area (Å²) in [4.78, 5) is 25.0. The predicted molar refractivity (Wildman–Crippen MR) is 240 cm³/mol. The minimum Gasteiger partial charge on any atom is -0.756 e. The molecule has 0 saturated heterocycles. The van der Waals surface area contributed by atoms with Crippen LogP contribution in [0.5, 0.6) is 0 Å². The molecular weight excluding hydrogens is 734 g/mol. The van der Waals surface area contributed by atoms with E-state index in [0.717, 1.165) is 103 Å². The van der Waals surface area contributed by atoms with Crippen LogP contribution in [-0.2, 0) is 27.9 Å². The van der Waals surface area contributed by atoms with Gasteiger partial charge in [0.25, 0.3) is 7.82 Å². The maximum Gasteiger partial charge on any atom is 0.306 e. The summed E-state index contributed by atoms with van der Waals surface area (Å²) in [5, 5.41) is 0. The zero-order valence-corrected chi connectivity index (χ0v) is 37.4. The van der Waals surface area contributed by atoms with Crippen molar-refractivity contribution in [1.29, 1.82) is 0 Å². The minimum absolute atomic E-state index is 0.00444. The van der Waals surface area contributed by atoms with E-state index in [2.05, 4.69) is 123 Å². The number of allylic oxidation sites excluding steroid dienone is 18. The number of hydrogen-bond acceptors (Lipinski definition) is 7. The van der Waals surface area contributed by atoms with E-state index in [1.54, 1.807) is 0 Å². The number of hydrogen-bond donors (Lipinski definition) is 0. The summed E-state index contributed by atoms with van der Waals surface area (Å²) in [6, 6.07) is 0. The highest BCUT2D eigenvalue weighted by atomic mass is 31.2. The topological polar surface area (TPSA) is 94.1 Å². The molecular formula is C48H80NO7P. The van der Waals surface area contributed by atoms with Crippen LogP contribution in [0.1, 0.15) is 129 Å². The second-order valence-corrected chi connectivity index (χ2v) is 16.3. The molecule has 0 bridgehead atoms. The summed E-state index contributed by atoms with van der Waals surface area (Å²) in [5.74, 6) is -0.403. The van der Waals surface area contributed by atoms with Gasteiger partial charge in [-0.1, -0.05) is 142 Å². The van der Waals surface area contributed by atoms with Crippen LogP contribution < -0.4 is 4.89 Å². The van der Waals surface area contributed by atoms with E-state index >= 15 is 0 Å². The van der Waals surface area contributed by atoms with Gasteiger partial charge < -0.3 is 27.9 Å². The number of esters is 1. The number of nitrogens with zero attached hydrogens (tertiary/aromatic N) is 1. The maximum absolute atomic E-state index is 12.7. The summed E-state index contributed by atoms with van der Waals surface area (Å²) in [6.45, 7) is 5.01. The molecule has 0 N–H and O–H groups in total. The molecule has 0 aromatic carbocycles. The Balaban J connectivity index is 4.41. The van der Waals surface area contributed by atoms with E-state index < -0.39 is 19.9 Å². The van der Waals surface area contributed by atoms with Crippen molar-refractivity contribution in [2.75, 3.05) is 54.1 Å². The molecule has 0 radical (unpaired) electrons. The molecule has 0 saturated carbocycles. The Morgan fingerprint density at radius 2 is 0.965 bits per heavy atom. The fourth-order valence-electron chi connectivity index (χ4n) is 5.04. The lowest BCUT2D eigenvalue weighted by atomic mass is 10.1. The Morgan fingerprint density at radius 1 is 0.544 bits per heavy atom. The fraction of sp³-hybridized carbons (Fsp3) is 0.604. The smallest absolute Gasteiger partial charge is 0.306 e. The Labute approximate surface area is 349 Å². The molecule has 2 atom stereocenters. The van der Waals surface area contributed by atoms with E-state index in [0.29, 0.717) is 24.1 Å². The molecule has 0 aliphatic rings. The van der Waals surface area contributed by atoms with Crippen molar-refractivity contribution < 1.29 is 37.3 Å². The standard InChI is InChI=1S/C48H80NO7P/c1-6-8-10-12-14-16-18-20-22-24-26-28-30-32-34-36-38-40-43-53-45-47(46-55-57(51,52)54-44-42-49(3,4)5)56-48(50)41-39-37-35-33-31-29-27-25-23-21-19-17-15-13-11-9-7-2/h8-11,14-17,20-23,26-29,33,35,47H,6-7,12-13,18-19,24-25,30-32,34,36-46H2,1-5H3/b10-8-,11-9-,16-14-,17-15-,22-20-,23-21-,28-26-,29-27-,35-33-. The lowest BCUT2D eigenvalue weighted by Gasteiger charge is -2.28. The van der Waals surface area contributed by atoms with Crippen molar-refractivity contribution >= 4 is 13.8 Å². The molecule has 8 nitrogen and oxygen atoms in total. The summed E-state index contributed by atoms with van der Waals surface area (Å²) in [6.07, 6.45) is 55.4. The molecule has 0 aliphatic carbocycles. The lowest BCUT2D eigenvalue weighted by Crippen LogP contribution is -2.37. The van der Waals surface area contributed by atoms with Gasteiger partial charge in [0.15, 0.2) is 0 Å². The Kier molecular flexibility index (Phi) is 38.0. The van der Waals surface area contributed by atoms with Crippen LogP contribution in [-0.4, -0.2) is 70.7 Å². The van der Waals surface area contributed by atoms with Crippen LogP contribution in [0.15, 0.2) is 109 Å². The number of phosphoric ester groups is 1. The first-order valence-electron chi connectivity index (χ1n) is 21.6. The van der Waals surface area contributed by atoms with Crippen LogP contribution >= 0.6 is 7.82 Å². The molecule has 0 rings (SSSR count). The monoisotopic (exact) mass is 814 g/mol. The minimum atomic E-state index is -4.55. The number of ether oxygens (including phenoxy) is 2. The van der Waals surface area contributed by atoms with Gasteiger partial charge in [0.1, 0.15) is 19.3 Å². The van der Waals surface area contributed by atoms with E-state index in [-0.39, 0.29) is 26.2 Å². The number of likely N-dealkylation sites (N-methyl/N-ethyl adjacent to an activating group) is 1. The predicted octanol–water partition coefficient (Wildman–Crippen LogP) is 12.2. The molecule has 0 amide bonds. The fourth-order valence-corrected chi connectivity index (χ4v) is 5.77. The molecule has 0 fully saturated rings. The SMILES string of the molecule is CC/C=C\C/C=C\C/C=C\C/C=C\C/C=C\CCCC(=O)OC(COCCCCCCC/C=C\C/C=C\C/C=C\C/C=C\CC)COP(=O)([O-])OCC[N+](C)(C)C. The van der Waals surface area contributed by atoms with E-state index in [4.69, 9.17) is 18.5 Å². The first-order chi connectivity index (χ1) is 27.6. The molecule has 0 heterocycles. The molecule has 0 spiro atoms. The van der Waals surface area contributed by atoms with Crippen molar-refractivity contribution in [2.24, 2.45) is 0 Å². The average molecular weight is 814 g/mol. The van der Waals surface area contributed by atoms with Crippen LogP contribution in [0.2, 0.25) is 0 Å². The number of carbonyl (C=O) groups is 1. The highest BCUT2D eigenvalue weighted by Crippen LogP contribution is 2.38. The largest absolute Gasteiger partial charge is 0.756 e. The van der Waals surface area contributed by atoms with Crippen molar-refractivity contribution in [3.8, 4) is 0 Å². The van der Waals surface area contributed by atoms with E-state index in [1.807, 2.05) is 21.1 Å². The van der Waals surface area contributed by atoms with E-state index in [1.165, 1.54) is 0 Å². The third-order valence-corrected chi connectivity index (χ3v) is 9.28. The van der Waals surface area contributed by atoms with Gasteiger partial charge in [-0.2, -0.15) is 0 Å². The first-order valence-corrected chi connectivity index (χ1v) is 23.1. The zero-order chi connectivity index (χ0) is 42.0. The zero-order valence-electron chi connectivity index (χ0n) is 36.5. The van der Waals surface area contributed by atoms with Gasteiger partial charge in [-0.15, -0.1) is 0 Å². The Morgan fingerprint density at radius 3 is 1.44 bits per heavy atom. The molecule has 0 aromatic heterocycles. The van der Waals surface area contributed by atoms with Gasteiger partial charge in [-0.3, -0.25) is 9.36 Å². The van der Waals surface area contributed by atoms with Crippen LogP contribution in [0.3, 0.4) is 0 Å². The van der Waals surface area contributed by atoms with Gasteiger partial charge in [0, 0.05) is 13.0 Å². The molecule has 0 aromatic rings. The van der Waals surface area contributed by atoms with Crippen LogP contribution in [0, 0.1) is 0 Å². The summed E-state index contributed by atoms with van der Waals surface area (Å²) >= 11 is 0. The van der Waals surface area contributed by atoms with Crippen molar-refractivity contribution in [2.45, 2.75) is 136 Å². The van der Waals surface area contributed by atoms with Crippen molar-refractivity contribution in [3.63, 3.8) is 0 Å². The van der Waals surface area contributed by atoms with E-state index in [9.17, 15) is 14.3 Å². The lowest BCUT2D eigenvalue weighted by molar-refractivity contribution is -0.870. The van der Waals surface area contributed by atoms with Gasteiger partial charge in [-0.05, 0) is 89.9 Å². The normalized spacial score (nSPS) is 14.8. The van der Waals surface area contributed by atoms with Gasteiger partial charge >= 0.3 is 5.97 Å². The molecule has 57 heavy (non-hydrogen) atoms. The summed E-state index contributed by atoms with van der Waals surface area (Å²) in [5.41, 5.74) is 0. The molecule has 0 aliphatic heterocycles. The second-order valence-electron chi connectivity index (χ2n) is 14.9. The highest BCUT2D eigenvalue weighted by molar-refractivity contribution is 7.45. The summed E-state index contributed by atoms with van der Waals surface area (Å²) in [7, 11) is 1.28. The Bertz CT molecular complexity index is 1270. The number of unbranched alkanes of at least 4 members (excludes halogenated alkanes) is 6. The van der Waals surface area contributed by atoms with Crippen LogP contribution in [0.4, 0.5) is 0 Å². The molecule has 324 valence electrons. The number of phosphoric acid groups is 1.